The molecule has 2 aromatic rings. The summed E-state index contributed by atoms with van der Waals surface area (Å²) in [6, 6.07) is 16.1. The number of urea groups is 1. The summed E-state index contributed by atoms with van der Waals surface area (Å²) in [6.07, 6.45) is 1.90. The van der Waals surface area contributed by atoms with Crippen molar-refractivity contribution in [1.82, 2.24) is 15.1 Å². The van der Waals surface area contributed by atoms with Crippen molar-refractivity contribution in [2.45, 2.75) is 43.8 Å². The fraction of sp³-hybridized carbons (Fsp3) is 0.400. The Hall–Kier alpha value is -3.20. The molecule has 9 heteroatoms. The van der Waals surface area contributed by atoms with Gasteiger partial charge in [-0.2, -0.15) is 0 Å². The van der Waals surface area contributed by atoms with Gasteiger partial charge in [0.15, 0.2) is 9.84 Å². The third-order valence-electron chi connectivity index (χ3n) is 7.14. The minimum Gasteiger partial charge on any atom is -0.333 e. The van der Waals surface area contributed by atoms with Crippen molar-refractivity contribution >= 4 is 27.7 Å². The van der Waals surface area contributed by atoms with Gasteiger partial charge in [-0.15, -0.1) is 0 Å². The molecular weight excluding hydrogens is 454 g/mol. The van der Waals surface area contributed by atoms with E-state index in [1.54, 1.807) is 0 Å². The number of rotatable bonds is 5. The molecule has 0 unspecified atom stereocenters. The van der Waals surface area contributed by atoms with Crippen LogP contribution >= 0.6 is 0 Å². The quantitative estimate of drug-likeness (QED) is 0.655. The first-order chi connectivity index (χ1) is 16.3. The van der Waals surface area contributed by atoms with E-state index in [1.165, 1.54) is 10.5 Å². The molecule has 4 amide bonds. The van der Waals surface area contributed by atoms with Crippen molar-refractivity contribution in [3.8, 4) is 0 Å². The van der Waals surface area contributed by atoms with Crippen molar-refractivity contribution < 1.29 is 22.8 Å². The molecule has 0 bridgehead atoms. The summed E-state index contributed by atoms with van der Waals surface area (Å²) in [5.41, 5.74) is 2.02. The summed E-state index contributed by atoms with van der Waals surface area (Å²) in [7, 11) is -3.22. The Kier molecular flexibility index (Phi) is 5.67. The van der Waals surface area contributed by atoms with Crippen LogP contribution in [0.3, 0.4) is 0 Å². The largest absolute Gasteiger partial charge is 0.333 e. The fourth-order valence-corrected chi connectivity index (χ4v) is 7.02. The average molecular weight is 482 g/mol. The van der Waals surface area contributed by atoms with Crippen LogP contribution in [-0.4, -0.2) is 65.7 Å². The molecule has 178 valence electrons. The van der Waals surface area contributed by atoms with E-state index in [0.717, 1.165) is 16.0 Å². The highest BCUT2D eigenvalue weighted by Crippen LogP contribution is 2.33. The molecule has 1 aliphatic carbocycles. The number of nitrogens with one attached hydrogen (secondary N) is 1. The normalized spacial score (nSPS) is 25.3. The first-order valence-corrected chi connectivity index (χ1v) is 13.3. The van der Waals surface area contributed by atoms with Gasteiger partial charge in [-0.3, -0.25) is 14.5 Å². The average Bonchev–Trinajstić information content (AvgIpc) is 3.29. The summed E-state index contributed by atoms with van der Waals surface area (Å²) < 4.78 is 24.2. The van der Waals surface area contributed by atoms with Gasteiger partial charge in [-0.05, 0) is 36.0 Å². The smallest absolute Gasteiger partial charge is 0.325 e. The molecule has 0 aromatic heterocycles. The van der Waals surface area contributed by atoms with Crippen LogP contribution in [-0.2, 0) is 38.8 Å². The molecule has 2 aliphatic heterocycles. The molecule has 0 radical (unpaired) electrons. The second-order valence-corrected chi connectivity index (χ2v) is 11.6. The summed E-state index contributed by atoms with van der Waals surface area (Å²) in [5, 5.41) is 2.86. The third kappa shape index (κ3) is 4.20. The van der Waals surface area contributed by atoms with Crippen LogP contribution < -0.4 is 5.32 Å². The van der Waals surface area contributed by atoms with Gasteiger partial charge in [0.25, 0.3) is 5.91 Å². The van der Waals surface area contributed by atoms with Crippen LogP contribution in [0.1, 0.15) is 29.5 Å². The zero-order valence-corrected chi connectivity index (χ0v) is 19.6. The molecule has 2 atom stereocenters. The predicted molar refractivity (Wildman–Crippen MR) is 125 cm³/mol. The van der Waals surface area contributed by atoms with Gasteiger partial charge < -0.3 is 10.2 Å². The van der Waals surface area contributed by atoms with E-state index in [1.807, 2.05) is 54.6 Å². The van der Waals surface area contributed by atoms with Crippen molar-refractivity contribution in [3.63, 3.8) is 0 Å². The van der Waals surface area contributed by atoms with Gasteiger partial charge in [0.1, 0.15) is 12.1 Å². The number of carbonyl (C=O) groups excluding carboxylic acids is 3. The fourth-order valence-electron chi connectivity index (χ4n) is 5.29. The van der Waals surface area contributed by atoms with Crippen molar-refractivity contribution in [1.29, 1.82) is 0 Å². The van der Waals surface area contributed by atoms with Gasteiger partial charge >= 0.3 is 6.03 Å². The molecule has 34 heavy (non-hydrogen) atoms. The topological polar surface area (TPSA) is 104 Å². The number of fused-ring (bicyclic) bond motifs is 1. The van der Waals surface area contributed by atoms with E-state index >= 15 is 0 Å². The number of amides is 4. The molecule has 5 rings (SSSR count). The predicted octanol–water partition coefficient (Wildman–Crippen LogP) is 1.68. The second-order valence-electron chi connectivity index (χ2n) is 9.41. The molecule has 1 spiro atoms. The Bertz CT molecular complexity index is 1250. The van der Waals surface area contributed by atoms with Crippen LogP contribution in [0.5, 0.6) is 0 Å². The number of hydrogen-bond donors (Lipinski definition) is 1. The van der Waals surface area contributed by atoms with Gasteiger partial charge in [-0.1, -0.05) is 54.6 Å². The lowest BCUT2D eigenvalue weighted by molar-refractivity contribution is -0.140. The molecule has 2 heterocycles. The summed E-state index contributed by atoms with van der Waals surface area (Å²) in [5.74, 6) is -0.893. The molecule has 0 saturated carbocycles. The van der Waals surface area contributed by atoms with E-state index in [0.29, 0.717) is 25.7 Å². The number of hydrogen-bond acceptors (Lipinski definition) is 5. The van der Waals surface area contributed by atoms with Gasteiger partial charge in [0, 0.05) is 19.0 Å². The maximum atomic E-state index is 13.4. The van der Waals surface area contributed by atoms with E-state index in [4.69, 9.17) is 0 Å². The molecule has 8 nitrogen and oxygen atoms in total. The second kappa shape index (κ2) is 8.54. The van der Waals surface area contributed by atoms with E-state index in [9.17, 15) is 22.8 Å². The Balaban J connectivity index is 1.36. The summed E-state index contributed by atoms with van der Waals surface area (Å²) in [4.78, 5) is 42.2. The van der Waals surface area contributed by atoms with Gasteiger partial charge in [-0.25, -0.2) is 13.2 Å². The molecule has 3 aliphatic rings. The van der Waals surface area contributed by atoms with Crippen LogP contribution in [0.2, 0.25) is 0 Å². The van der Waals surface area contributed by atoms with Crippen LogP contribution in [0.15, 0.2) is 54.6 Å². The molecule has 2 fully saturated rings. The van der Waals surface area contributed by atoms with Crippen LogP contribution in [0.25, 0.3) is 0 Å². The maximum Gasteiger partial charge on any atom is 0.325 e. The Morgan fingerprint density at radius 1 is 1.06 bits per heavy atom. The number of sulfone groups is 1. The van der Waals surface area contributed by atoms with Crippen LogP contribution in [0.4, 0.5) is 4.79 Å². The van der Waals surface area contributed by atoms with Gasteiger partial charge in [0.05, 0.1) is 11.5 Å². The summed E-state index contributed by atoms with van der Waals surface area (Å²) in [6.45, 7) is -0.181. The minimum atomic E-state index is -3.22. The maximum absolute atomic E-state index is 13.4. The monoisotopic (exact) mass is 481 g/mol. The first-order valence-electron chi connectivity index (χ1n) is 11.5. The lowest BCUT2D eigenvalue weighted by Crippen LogP contribution is -2.52. The highest BCUT2D eigenvalue weighted by molar-refractivity contribution is 7.91. The minimum absolute atomic E-state index is 0.0297. The Morgan fingerprint density at radius 2 is 1.76 bits per heavy atom. The molecular formula is C25H27N3O5S. The van der Waals surface area contributed by atoms with Gasteiger partial charge in [0.2, 0.25) is 5.91 Å². The highest BCUT2D eigenvalue weighted by atomic mass is 32.2. The zero-order valence-electron chi connectivity index (χ0n) is 18.8. The SMILES string of the molecule is O=C1N[C@]2(CCc3ccccc3C2)C(=O)N1CC(=O)N(Cc1ccccc1)[C@@H]1CCS(=O)(=O)C1. The van der Waals surface area contributed by atoms with Crippen molar-refractivity contribution in [2.24, 2.45) is 0 Å². The Labute approximate surface area is 198 Å². The molecule has 2 aromatic carbocycles. The third-order valence-corrected chi connectivity index (χ3v) is 8.89. The lowest BCUT2D eigenvalue weighted by atomic mass is 9.78. The number of benzene rings is 2. The number of carbonyl (C=O) groups is 3. The van der Waals surface area contributed by atoms with Crippen molar-refractivity contribution in [3.05, 3.63) is 71.3 Å². The molecule has 2 saturated heterocycles. The number of aryl methyl sites for hydroxylation is 1. The standard InChI is InChI=1S/C25H27N3O5S/c29-22(27(15-18-6-2-1-3-7-18)21-11-13-34(32,33)17-21)16-28-23(30)25(26-24(28)31)12-10-19-8-4-5-9-20(19)14-25/h1-9,21H,10-17H2,(H,26,31)/t21-,25+/m1/s1. The van der Waals surface area contributed by atoms with E-state index in [-0.39, 0.29) is 24.0 Å². The van der Waals surface area contributed by atoms with E-state index < -0.39 is 39.9 Å². The van der Waals surface area contributed by atoms with E-state index in [2.05, 4.69) is 5.32 Å². The van der Waals surface area contributed by atoms with Crippen LogP contribution in [0, 0.1) is 0 Å². The Morgan fingerprint density at radius 3 is 2.47 bits per heavy atom. The number of imide groups is 1. The lowest BCUT2D eigenvalue weighted by Gasteiger charge is -2.33. The van der Waals surface area contributed by atoms with Crippen molar-refractivity contribution in [2.75, 3.05) is 18.1 Å². The first kappa shape index (κ1) is 22.6. The molecule has 1 N–H and O–H groups in total. The summed E-state index contributed by atoms with van der Waals surface area (Å²) >= 11 is 0. The number of nitrogens with zero attached hydrogens (tertiary/aromatic N) is 2. The zero-order chi connectivity index (χ0) is 23.9. The highest BCUT2D eigenvalue weighted by Gasteiger charge is 2.53.